The minimum atomic E-state index is -1.00. The highest BCUT2D eigenvalue weighted by atomic mass is 16.5. The molecule has 3 aliphatic carbocycles. The molecule has 1 saturated carbocycles. The lowest BCUT2D eigenvalue weighted by atomic mass is 9.47. The number of hydrogen-bond donors (Lipinski definition) is 6. The standard InChI is InChI=1S/C40H43NO7/c1-48-37-19-31(27(22-42)16-35(37)46)30-17-29(43)18-36(47)39-26(11-10-24(30)14-23-6-3-2-4-7-23)21-41-38-9-5-8-28-13-12-25-15-33(44)34(45)20-32(25)40(28,38)39/h2-4,6-7,12-13,15-16,19-20,24,26,28,30,36,38-39,41-42,44-47H,5,8-9,14,17-18,21-22H2,1H3. The van der Waals surface area contributed by atoms with Gasteiger partial charge in [-0.05, 0) is 77.3 Å². The molecule has 0 radical (unpaired) electrons. The van der Waals surface area contributed by atoms with E-state index in [0.29, 0.717) is 24.1 Å². The van der Waals surface area contributed by atoms with E-state index in [9.17, 15) is 30.3 Å². The van der Waals surface area contributed by atoms with Crippen molar-refractivity contribution in [3.8, 4) is 34.8 Å². The van der Waals surface area contributed by atoms with Crippen molar-refractivity contribution in [2.75, 3.05) is 13.7 Å². The first-order valence-corrected chi connectivity index (χ1v) is 17.0. The molecule has 3 aromatic carbocycles. The number of ketones is 1. The van der Waals surface area contributed by atoms with Gasteiger partial charge in [0.05, 0.1) is 19.8 Å². The number of carbonyl (C=O) groups is 1. The molecule has 0 aromatic heterocycles. The van der Waals surface area contributed by atoms with Gasteiger partial charge in [-0.15, -0.1) is 0 Å². The summed E-state index contributed by atoms with van der Waals surface area (Å²) in [7, 11) is 1.47. The van der Waals surface area contributed by atoms with E-state index < -0.39 is 23.4 Å². The summed E-state index contributed by atoms with van der Waals surface area (Å²) in [4.78, 5) is 14.2. The average Bonchev–Trinajstić information content (AvgIpc) is 3.08. The molecule has 8 atom stereocenters. The number of rotatable bonds is 5. The molecule has 1 heterocycles. The van der Waals surface area contributed by atoms with Gasteiger partial charge in [0.1, 0.15) is 5.78 Å². The van der Waals surface area contributed by atoms with Crippen molar-refractivity contribution < 1.29 is 35.1 Å². The third kappa shape index (κ3) is 5.44. The van der Waals surface area contributed by atoms with Crippen LogP contribution in [0.1, 0.15) is 65.8 Å². The van der Waals surface area contributed by atoms with Crippen molar-refractivity contribution in [1.29, 1.82) is 0 Å². The molecule has 8 heteroatoms. The molecule has 48 heavy (non-hydrogen) atoms. The van der Waals surface area contributed by atoms with Gasteiger partial charge in [0.15, 0.2) is 23.0 Å². The Labute approximate surface area is 281 Å². The predicted molar refractivity (Wildman–Crippen MR) is 182 cm³/mol. The van der Waals surface area contributed by atoms with Crippen LogP contribution >= 0.6 is 0 Å². The Hall–Kier alpha value is -4.29. The average molecular weight is 650 g/mol. The van der Waals surface area contributed by atoms with Crippen molar-refractivity contribution in [1.82, 2.24) is 5.32 Å². The number of phenolic OH excluding ortho intramolecular Hbond substituents is 3. The molecule has 8 unspecified atom stereocenters. The van der Waals surface area contributed by atoms with Crippen molar-refractivity contribution >= 4 is 11.9 Å². The molecule has 0 bridgehead atoms. The van der Waals surface area contributed by atoms with Gasteiger partial charge in [0.2, 0.25) is 0 Å². The fraction of sp³-hybridized carbons (Fsp3) is 0.425. The summed E-state index contributed by atoms with van der Waals surface area (Å²) in [5.74, 6) is 5.48. The zero-order valence-electron chi connectivity index (χ0n) is 27.1. The van der Waals surface area contributed by atoms with Gasteiger partial charge >= 0.3 is 0 Å². The monoisotopic (exact) mass is 649 g/mol. The number of aromatic hydroxyl groups is 3. The number of piperidine rings is 1. The topological polar surface area (TPSA) is 139 Å². The van der Waals surface area contributed by atoms with Crippen LogP contribution in [0, 0.1) is 35.5 Å². The van der Waals surface area contributed by atoms with Crippen molar-refractivity contribution in [3.63, 3.8) is 0 Å². The van der Waals surface area contributed by atoms with Crippen molar-refractivity contribution in [2.24, 2.45) is 23.7 Å². The molecule has 4 aliphatic rings. The molecule has 3 aromatic rings. The summed E-state index contributed by atoms with van der Waals surface area (Å²) in [5.41, 5.74) is 3.29. The maximum atomic E-state index is 14.2. The van der Waals surface area contributed by atoms with E-state index in [1.54, 1.807) is 18.2 Å². The van der Waals surface area contributed by atoms with Crippen LogP contribution in [-0.2, 0) is 23.2 Å². The zero-order valence-corrected chi connectivity index (χ0v) is 27.1. The van der Waals surface area contributed by atoms with Gasteiger partial charge in [0, 0.05) is 54.5 Å². The van der Waals surface area contributed by atoms with E-state index in [4.69, 9.17) is 4.74 Å². The number of benzene rings is 3. The quantitative estimate of drug-likeness (QED) is 0.169. The summed E-state index contributed by atoms with van der Waals surface area (Å²) in [5, 5.41) is 58.2. The van der Waals surface area contributed by atoms with E-state index in [1.165, 1.54) is 13.2 Å². The molecule has 250 valence electrons. The van der Waals surface area contributed by atoms with Crippen LogP contribution in [0.3, 0.4) is 0 Å². The van der Waals surface area contributed by atoms with E-state index >= 15 is 0 Å². The van der Waals surface area contributed by atoms with Crippen molar-refractivity contribution in [3.05, 3.63) is 88.5 Å². The van der Waals surface area contributed by atoms with Crippen LogP contribution in [0.25, 0.3) is 6.08 Å². The normalized spacial score (nSPS) is 30.9. The number of carbonyl (C=O) groups excluding carboxylic acids is 1. The first kappa shape index (κ1) is 32.3. The second kappa shape index (κ2) is 13.0. The highest BCUT2D eigenvalue weighted by Crippen LogP contribution is 2.59. The van der Waals surface area contributed by atoms with E-state index in [0.717, 1.165) is 36.0 Å². The molecular formula is C40H43NO7. The van der Waals surface area contributed by atoms with E-state index in [-0.39, 0.29) is 72.0 Å². The molecular weight excluding hydrogens is 606 g/mol. The Balaban J connectivity index is 1.40. The Bertz CT molecular complexity index is 1790. The maximum absolute atomic E-state index is 14.2. The second-order valence-corrected chi connectivity index (χ2v) is 13.9. The van der Waals surface area contributed by atoms with Gasteiger partial charge in [-0.1, -0.05) is 60.7 Å². The van der Waals surface area contributed by atoms with Gasteiger partial charge in [-0.2, -0.15) is 0 Å². The highest BCUT2D eigenvalue weighted by molar-refractivity contribution is 5.80. The Morgan fingerprint density at radius 2 is 1.77 bits per heavy atom. The van der Waals surface area contributed by atoms with Gasteiger partial charge in [0.25, 0.3) is 0 Å². The molecule has 2 fully saturated rings. The number of fused-ring (bicyclic) bond motifs is 2. The molecule has 1 spiro atoms. The number of aliphatic hydroxyl groups excluding tert-OH is 2. The van der Waals surface area contributed by atoms with Crippen LogP contribution in [0.4, 0.5) is 0 Å². The van der Waals surface area contributed by atoms with Crippen LogP contribution < -0.4 is 10.1 Å². The molecule has 0 amide bonds. The summed E-state index contributed by atoms with van der Waals surface area (Å²) < 4.78 is 5.45. The Kier molecular flexibility index (Phi) is 8.71. The molecule has 7 rings (SSSR count). The smallest absolute Gasteiger partial charge is 0.160 e. The fourth-order valence-electron chi connectivity index (χ4n) is 9.44. The number of hydrogen-bond acceptors (Lipinski definition) is 8. The minimum Gasteiger partial charge on any atom is -0.504 e. The van der Waals surface area contributed by atoms with Gasteiger partial charge in [-0.25, -0.2) is 0 Å². The largest absolute Gasteiger partial charge is 0.504 e. The summed E-state index contributed by atoms with van der Waals surface area (Å²) in [6, 6.07) is 16.4. The Morgan fingerprint density at radius 3 is 2.54 bits per heavy atom. The number of methoxy groups -OCH3 is 1. The van der Waals surface area contributed by atoms with E-state index in [2.05, 4.69) is 23.2 Å². The zero-order chi connectivity index (χ0) is 33.6. The van der Waals surface area contributed by atoms with E-state index in [1.807, 2.05) is 36.4 Å². The number of phenols is 3. The minimum absolute atomic E-state index is 0.0101. The van der Waals surface area contributed by atoms with Crippen LogP contribution in [0.15, 0.2) is 60.7 Å². The third-order valence-corrected chi connectivity index (χ3v) is 11.4. The van der Waals surface area contributed by atoms with Crippen molar-refractivity contribution in [2.45, 2.75) is 68.6 Å². The summed E-state index contributed by atoms with van der Waals surface area (Å²) in [6.07, 6.45) is 6.56. The third-order valence-electron chi connectivity index (χ3n) is 11.4. The summed E-state index contributed by atoms with van der Waals surface area (Å²) >= 11 is 0. The number of nitrogens with one attached hydrogen (secondary N) is 1. The lowest BCUT2D eigenvalue weighted by molar-refractivity contribution is -0.124. The number of aliphatic hydroxyl groups is 2. The number of Topliss-reactive ketones (excluding diaryl/α,β-unsaturated/α-hetero) is 1. The molecule has 6 N–H and O–H groups in total. The SMILES string of the molecule is COc1cc(C2CC(=O)CC(O)C3C(C#CC2Cc2ccccc2)CNC2CCCC4C=Cc5cc(O)c(O)cc5C423)c(CO)cc1O. The van der Waals surface area contributed by atoms with Gasteiger partial charge < -0.3 is 35.6 Å². The van der Waals surface area contributed by atoms with Crippen LogP contribution in [-0.4, -0.2) is 57.1 Å². The maximum Gasteiger partial charge on any atom is 0.160 e. The number of allylic oxidation sites excluding steroid dienone is 1. The Morgan fingerprint density at radius 1 is 0.979 bits per heavy atom. The predicted octanol–water partition coefficient (Wildman–Crippen LogP) is 4.94. The second-order valence-electron chi connectivity index (χ2n) is 13.9. The molecule has 1 saturated heterocycles. The molecule has 1 aliphatic heterocycles. The lowest BCUT2D eigenvalue weighted by Gasteiger charge is -2.60. The van der Waals surface area contributed by atoms with Gasteiger partial charge in [-0.3, -0.25) is 4.79 Å². The lowest BCUT2D eigenvalue weighted by Crippen LogP contribution is -2.68. The van der Waals surface area contributed by atoms with Crippen LogP contribution in [0.2, 0.25) is 0 Å². The molecule has 8 nitrogen and oxygen atoms in total. The van der Waals surface area contributed by atoms with Crippen LogP contribution in [0.5, 0.6) is 23.0 Å². The summed E-state index contributed by atoms with van der Waals surface area (Å²) in [6.45, 7) is 0.212. The highest BCUT2D eigenvalue weighted by Gasteiger charge is 2.60. The first-order chi connectivity index (χ1) is 23.2. The fourth-order valence-corrected chi connectivity index (χ4v) is 9.44. The number of ether oxygens (including phenoxy) is 1. The first-order valence-electron chi connectivity index (χ1n) is 17.0.